The van der Waals surface area contributed by atoms with Crippen LogP contribution in [0.25, 0.3) is 0 Å². The van der Waals surface area contributed by atoms with Gasteiger partial charge in [-0.25, -0.2) is 4.98 Å². The first-order chi connectivity index (χ1) is 8.61. The van der Waals surface area contributed by atoms with E-state index in [0.29, 0.717) is 31.6 Å². The fourth-order valence-electron chi connectivity index (χ4n) is 1.32. The molecule has 1 aromatic heterocycles. The molecular weight excluding hydrogens is 234 g/mol. The van der Waals surface area contributed by atoms with E-state index in [9.17, 15) is 0 Å². The van der Waals surface area contributed by atoms with Crippen LogP contribution in [0.3, 0.4) is 0 Å². The van der Waals surface area contributed by atoms with Gasteiger partial charge in [-0.15, -0.1) is 0 Å². The summed E-state index contributed by atoms with van der Waals surface area (Å²) in [4.78, 5) is 8.49. The molecule has 0 amide bonds. The lowest BCUT2D eigenvalue weighted by Gasteiger charge is -2.11. The topological polar surface area (TPSA) is 76.5 Å². The maximum absolute atomic E-state index is 8.55. The Bertz CT molecular complexity index is 358. The first-order valence-corrected chi connectivity index (χ1v) is 6.06. The summed E-state index contributed by atoms with van der Waals surface area (Å²) in [5.41, 5.74) is 0.847. The van der Waals surface area contributed by atoms with E-state index in [4.69, 9.17) is 14.6 Å². The van der Waals surface area contributed by atoms with Gasteiger partial charge in [0.1, 0.15) is 0 Å². The van der Waals surface area contributed by atoms with Gasteiger partial charge in [-0.3, -0.25) is 0 Å². The van der Waals surface area contributed by atoms with Crippen LogP contribution >= 0.6 is 0 Å². The van der Waals surface area contributed by atoms with Gasteiger partial charge in [0.2, 0.25) is 11.8 Å². The predicted molar refractivity (Wildman–Crippen MR) is 68.9 cm³/mol. The highest BCUT2D eigenvalue weighted by molar-refractivity contribution is 5.30. The van der Waals surface area contributed by atoms with Gasteiger partial charge in [-0.1, -0.05) is 0 Å². The van der Waals surface area contributed by atoms with E-state index in [-0.39, 0.29) is 12.7 Å². The molecule has 6 nitrogen and oxygen atoms in total. The monoisotopic (exact) mass is 255 g/mol. The number of aromatic nitrogens is 2. The maximum Gasteiger partial charge on any atom is 0.226 e. The normalized spacial score (nSPS) is 10.7. The number of nitrogens with one attached hydrogen (secondary N) is 1. The van der Waals surface area contributed by atoms with Crippen LogP contribution in [0.4, 0.5) is 5.95 Å². The highest BCUT2D eigenvalue weighted by Gasteiger charge is 2.04. The number of rotatable bonds is 8. The molecule has 2 N–H and O–H groups in total. The third-order valence-electron chi connectivity index (χ3n) is 1.95. The molecule has 0 aliphatic carbocycles. The van der Waals surface area contributed by atoms with Crippen LogP contribution in [0, 0.1) is 6.92 Å². The average Bonchev–Trinajstić information content (AvgIpc) is 2.27. The molecular formula is C12H21N3O3. The Labute approximate surface area is 107 Å². The second-order valence-corrected chi connectivity index (χ2v) is 4.10. The second kappa shape index (κ2) is 7.84. The van der Waals surface area contributed by atoms with Gasteiger partial charge in [0.15, 0.2) is 0 Å². The fraction of sp³-hybridized carbons (Fsp3) is 0.667. The van der Waals surface area contributed by atoms with Crippen LogP contribution in [0.1, 0.15) is 19.5 Å². The van der Waals surface area contributed by atoms with Gasteiger partial charge in [-0.05, 0) is 20.8 Å². The summed E-state index contributed by atoms with van der Waals surface area (Å²) in [5, 5.41) is 11.6. The summed E-state index contributed by atoms with van der Waals surface area (Å²) < 4.78 is 10.7. The van der Waals surface area contributed by atoms with E-state index in [1.54, 1.807) is 6.07 Å². The number of anilines is 1. The van der Waals surface area contributed by atoms with Gasteiger partial charge in [0, 0.05) is 18.3 Å². The molecule has 1 aromatic rings. The maximum atomic E-state index is 8.55. The zero-order valence-electron chi connectivity index (χ0n) is 11.1. The summed E-state index contributed by atoms with van der Waals surface area (Å²) in [6, 6.07) is 1.80. The summed E-state index contributed by atoms with van der Waals surface area (Å²) in [5.74, 6) is 1.09. The predicted octanol–water partition coefficient (Wildman–Crippen LogP) is 0.993. The lowest BCUT2D eigenvalue weighted by atomic mass is 10.4. The number of nitrogens with zero attached hydrogens (tertiary/aromatic N) is 2. The minimum Gasteiger partial charge on any atom is -0.475 e. The van der Waals surface area contributed by atoms with Crippen LogP contribution in [0.15, 0.2) is 6.07 Å². The van der Waals surface area contributed by atoms with Crippen molar-refractivity contribution in [2.24, 2.45) is 0 Å². The van der Waals surface area contributed by atoms with E-state index in [1.165, 1.54) is 0 Å². The number of aliphatic hydroxyl groups excluding tert-OH is 1. The number of ether oxygens (including phenoxy) is 2. The smallest absolute Gasteiger partial charge is 0.226 e. The lowest BCUT2D eigenvalue weighted by Crippen LogP contribution is -2.14. The van der Waals surface area contributed by atoms with Crippen molar-refractivity contribution < 1.29 is 14.6 Å². The largest absolute Gasteiger partial charge is 0.475 e. The summed E-state index contributed by atoms with van der Waals surface area (Å²) in [6.45, 7) is 7.26. The van der Waals surface area contributed by atoms with E-state index in [1.807, 2.05) is 20.8 Å². The van der Waals surface area contributed by atoms with Crippen LogP contribution in [-0.4, -0.2) is 47.5 Å². The van der Waals surface area contributed by atoms with Gasteiger partial charge in [-0.2, -0.15) is 4.98 Å². The van der Waals surface area contributed by atoms with Gasteiger partial charge < -0.3 is 19.9 Å². The van der Waals surface area contributed by atoms with E-state index in [2.05, 4.69) is 15.3 Å². The Morgan fingerprint density at radius 2 is 2.11 bits per heavy atom. The molecule has 0 atom stereocenters. The van der Waals surface area contributed by atoms with Crippen molar-refractivity contribution in [3.8, 4) is 5.88 Å². The van der Waals surface area contributed by atoms with Crippen molar-refractivity contribution in [1.82, 2.24) is 9.97 Å². The summed E-state index contributed by atoms with van der Waals surface area (Å²) in [6.07, 6.45) is 0.0834. The van der Waals surface area contributed by atoms with E-state index < -0.39 is 0 Å². The SMILES string of the molecule is Cc1cc(OC(C)C)nc(NCCOCCO)n1. The lowest BCUT2D eigenvalue weighted by molar-refractivity contribution is 0.0991. The summed E-state index contributed by atoms with van der Waals surface area (Å²) in [7, 11) is 0. The van der Waals surface area contributed by atoms with Crippen LogP contribution in [0.5, 0.6) is 5.88 Å². The Balaban J connectivity index is 2.46. The molecule has 0 spiro atoms. The molecule has 0 radical (unpaired) electrons. The molecule has 0 aliphatic rings. The molecule has 0 unspecified atom stereocenters. The fourth-order valence-corrected chi connectivity index (χ4v) is 1.32. The molecule has 0 aliphatic heterocycles. The molecule has 0 aromatic carbocycles. The third kappa shape index (κ3) is 5.79. The molecule has 1 heterocycles. The highest BCUT2D eigenvalue weighted by atomic mass is 16.5. The molecule has 102 valence electrons. The quantitative estimate of drug-likeness (QED) is 0.675. The second-order valence-electron chi connectivity index (χ2n) is 4.10. The minimum atomic E-state index is 0.0350. The van der Waals surface area contributed by atoms with Gasteiger partial charge in [0.05, 0.1) is 25.9 Å². The van der Waals surface area contributed by atoms with Crippen molar-refractivity contribution in [3.63, 3.8) is 0 Å². The zero-order valence-corrected chi connectivity index (χ0v) is 11.1. The van der Waals surface area contributed by atoms with Crippen molar-refractivity contribution in [1.29, 1.82) is 0 Å². The first-order valence-electron chi connectivity index (χ1n) is 6.06. The van der Waals surface area contributed by atoms with Crippen molar-refractivity contribution in [2.45, 2.75) is 26.9 Å². The molecule has 0 bridgehead atoms. The Morgan fingerprint density at radius 1 is 1.33 bits per heavy atom. The Kier molecular flexibility index (Phi) is 6.38. The van der Waals surface area contributed by atoms with Crippen molar-refractivity contribution >= 4 is 5.95 Å². The van der Waals surface area contributed by atoms with Crippen LogP contribution in [-0.2, 0) is 4.74 Å². The number of aliphatic hydroxyl groups is 1. The van der Waals surface area contributed by atoms with E-state index in [0.717, 1.165) is 5.69 Å². The van der Waals surface area contributed by atoms with Crippen molar-refractivity contribution in [3.05, 3.63) is 11.8 Å². The van der Waals surface area contributed by atoms with E-state index >= 15 is 0 Å². The Morgan fingerprint density at radius 3 is 2.78 bits per heavy atom. The number of hydrogen-bond acceptors (Lipinski definition) is 6. The third-order valence-corrected chi connectivity index (χ3v) is 1.95. The molecule has 1 rings (SSSR count). The molecule has 0 saturated carbocycles. The molecule has 18 heavy (non-hydrogen) atoms. The van der Waals surface area contributed by atoms with Gasteiger partial charge in [0.25, 0.3) is 0 Å². The standard InChI is InChI=1S/C12H21N3O3/c1-9(2)18-11-8-10(3)14-12(15-11)13-4-6-17-7-5-16/h8-9,16H,4-7H2,1-3H3,(H,13,14,15). The number of aryl methyl sites for hydroxylation is 1. The molecule has 0 saturated heterocycles. The molecule has 6 heteroatoms. The van der Waals surface area contributed by atoms with Crippen LogP contribution in [0.2, 0.25) is 0 Å². The number of hydrogen-bond donors (Lipinski definition) is 2. The van der Waals surface area contributed by atoms with Crippen molar-refractivity contribution in [2.75, 3.05) is 31.7 Å². The Hall–Kier alpha value is -1.40. The van der Waals surface area contributed by atoms with Gasteiger partial charge >= 0.3 is 0 Å². The highest BCUT2D eigenvalue weighted by Crippen LogP contribution is 2.13. The first kappa shape index (κ1) is 14.7. The summed E-state index contributed by atoms with van der Waals surface area (Å²) >= 11 is 0. The molecule has 0 fully saturated rings. The minimum absolute atomic E-state index is 0.0350. The average molecular weight is 255 g/mol. The zero-order chi connectivity index (χ0) is 13.4. The van der Waals surface area contributed by atoms with Crippen LogP contribution < -0.4 is 10.1 Å².